The highest BCUT2D eigenvalue weighted by Gasteiger charge is 2.30. The zero-order valence-electron chi connectivity index (χ0n) is 13.0. The number of benzene rings is 1. The summed E-state index contributed by atoms with van der Waals surface area (Å²) in [6, 6.07) is 5.60. The highest BCUT2D eigenvalue weighted by Crippen LogP contribution is 2.39. The van der Waals surface area contributed by atoms with Crippen molar-refractivity contribution >= 4 is 0 Å². The van der Waals surface area contributed by atoms with Gasteiger partial charge >= 0.3 is 0 Å². The van der Waals surface area contributed by atoms with Gasteiger partial charge < -0.3 is 19.1 Å². The Bertz CT molecular complexity index is 668. The number of aromatic nitrogens is 1. The predicted octanol–water partition coefficient (Wildman–Crippen LogP) is 2.05. The molecule has 0 fully saturated rings. The van der Waals surface area contributed by atoms with Gasteiger partial charge in [0.05, 0.1) is 32.6 Å². The van der Waals surface area contributed by atoms with Gasteiger partial charge in [-0.2, -0.15) is 0 Å². The van der Waals surface area contributed by atoms with Crippen LogP contribution in [-0.4, -0.2) is 35.9 Å². The largest absolute Gasteiger partial charge is 0.496 e. The number of fused-ring (bicyclic) bond motifs is 1. The van der Waals surface area contributed by atoms with E-state index in [2.05, 4.69) is 10.1 Å². The molecule has 0 radical (unpaired) electrons. The van der Waals surface area contributed by atoms with Crippen molar-refractivity contribution in [1.82, 2.24) is 10.1 Å². The van der Waals surface area contributed by atoms with Crippen molar-refractivity contribution in [2.45, 2.75) is 26.1 Å². The van der Waals surface area contributed by atoms with Crippen LogP contribution in [0.15, 0.2) is 22.7 Å². The van der Waals surface area contributed by atoms with Gasteiger partial charge in [0.25, 0.3) is 0 Å². The molecule has 0 saturated heterocycles. The molecule has 1 atom stereocenters. The minimum Gasteiger partial charge on any atom is -0.496 e. The van der Waals surface area contributed by atoms with Crippen molar-refractivity contribution in [3.05, 3.63) is 40.8 Å². The van der Waals surface area contributed by atoms with Gasteiger partial charge in [-0.3, -0.25) is 4.90 Å². The fourth-order valence-electron chi connectivity index (χ4n) is 2.98. The van der Waals surface area contributed by atoms with Crippen molar-refractivity contribution in [2.75, 3.05) is 20.8 Å². The molecule has 2 aromatic rings. The average Bonchev–Trinajstić information content (AvgIpc) is 2.91. The van der Waals surface area contributed by atoms with Gasteiger partial charge in [0.15, 0.2) is 5.76 Å². The molecule has 1 N–H and O–H groups in total. The van der Waals surface area contributed by atoms with Crippen LogP contribution >= 0.6 is 0 Å². The number of methoxy groups -OCH3 is 2. The smallest absolute Gasteiger partial charge is 0.150 e. The molecule has 6 nitrogen and oxygen atoms in total. The molecule has 1 aromatic heterocycles. The first kappa shape index (κ1) is 14.9. The lowest BCUT2D eigenvalue weighted by Gasteiger charge is -2.33. The van der Waals surface area contributed by atoms with Crippen molar-refractivity contribution in [3.8, 4) is 11.5 Å². The molecule has 0 saturated carbocycles. The summed E-state index contributed by atoms with van der Waals surface area (Å²) in [5.74, 6) is 2.24. The van der Waals surface area contributed by atoms with Gasteiger partial charge in [-0.15, -0.1) is 0 Å². The van der Waals surface area contributed by atoms with E-state index in [9.17, 15) is 5.11 Å². The maximum Gasteiger partial charge on any atom is 0.150 e. The first-order valence-corrected chi connectivity index (χ1v) is 7.18. The molecule has 3 rings (SSSR count). The third kappa shape index (κ3) is 2.67. The van der Waals surface area contributed by atoms with Crippen LogP contribution in [0, 0.1) is 6.92 Å². The van der Waals surface area contributed by atoms with E-state index in [4.69, 9.17) is 14.0 Å². The second-order valence-electron chi connectivity index (χ2n) is 5.48. The van der Waals surface area contributed by atoms with Crippen LogP contribution in [0.2, 0.25) is 0 Å². The SMILES string of the molecule is COc1ccc(OC)c2c1CN(Cc1cc(C)no1)C[C@@H]2O. The first-order chi connectivity index (χ1) is 10.6. The third-order valence-corrected chi connectivity index (χ3v) is 3.92. The normalized spacial score (nSPS) is 18.1. The van der Waals surface area contributed by atoms with E-state index in [1.807, 2.05) is 25.1 Å². The van der Waals surface area contributed by atoms with Crippen LogP contribution in [0.4, 0.5) is 0 Å². The van der Waals surface area contributed by atoms with Crippen LogP contribution < -0.4 is 9.47 Å². The van der Waals surface area contributed by atoms with E-state index < -0.39 is 6.10 Å². The Hall–Kier alpha value is -2.05. The van der Waals surface area contributed by atoms with E-state index in [1.54, 1.807) is 14.2 Å². The molecule has 0 bridgehead atoms. The fraction of sp³-hybridized carbons (Fsp3) is 0.438. The van der Waals surface area contributed by atoms with Crippen molar-refractivity contribution in [1.29, 1.82) is 0 Å². The summed E-state index contributed by atoms with van der Waals surface area (Å²) in [7, 11) is 3.24. The van der Waals surface area contributed by atoms with Crippen LogP contribution in [0.5, 0.6) is 11.5 Å². The lowest BCUT2D eigenvalue weighted by atomic mass is 9.95. The number of β-amino-alcohol motifs (C(OH)–C–C–N with tert-alkyl or cyclic N) is 1. The quantitative estimate of drug-likeness (QED) is 0.932. The second kappa shape index (κ2) is 5.98. The fourth-order valence-corrected chi connectivity index (χ4v) is 2.98. The summed E-state index contributed by atoms with van der Waals surface area (Å²) < 4.78 is 16.1. The topological polar surface area (TPSA) is 68.0 Å². The van der Waals surface area contributed by atoms with Crippen molar-refractivity contribution in [3.63, 3.8) is 0 Å². The van der Waals surface area contributed by atoms with Crippen LogP contribution in [0.25, 0.3) is 0 Å². The molecular weight excluding hydrogens is 284 g/mol. The molecule has 22 heavy (non-hydrogen) atoms. The van der Waals surface area contributed by atoms with Crippen LogP contribution in [-0.2, 0) is 13.1 Å². The predicted molar refractivity (Wildman–Crippen MR) is 79.9 cm³/mol. The van der Waals surface area contributed by atoms with Crippen LogP contribution in [0.3, 0.4) is 0 Å². The molecule has 0 amide bonds. The highest BCUT2D eigenvalue weighted by molar-refractivity contribution is 5.51. The number of nitrogens with zero attached hydrogens (tertiary/aromatic N) is 2. The summed E-state index contributed by atoms with van der Waals surface area (Å²) in [6.45, 7) is 3.65. The molecule has 0 spiro atoms. The van der Waals surface area contributed by atoms with E-state index in [-0.39, 0.29) is 0 Å². The molecule has 6 heteroatoms. The van der Waals surface area contributed by atoms with E-state index in [0.29, 0.717) is 25.4 Å². The molecule has 2 heterocycles. The lowest BCUT2D eigenvalue weighted by Crippen LogP contribution is -2.33. The van der Waals surface area contributed by atoms with Gasteiger partial charge in [0.2, 0.25) is 0 Å². The number of hydrogen-bond donors (Lipinski definition) is 1. The molecule has 0 aliphatic carbocycles. The summed E-state index contributed by atoms with van der Waals surface area (Å²) in [4.78, 5) is 2.11. The minimum absolute atomic E-state index is 0.510. The lowest BCUT2D eigenvalue weighted by molar-refractivity contribution is 0.0790. The molecule has 1 aliphatic rings. The van der Waals surface area contributed by atoms with E-state index >= 15 is 0 Å². The zero-order valence-corrected chi connectivity index (χ0v) is 13.0. The Morgan fingerprint density at radius 2 is 2.05 bits per heavy atom. The third-order valence-electron chi connectivity index (χ3n) is 3.92. The maximum atomic E-state index is 10.5. The molecule has 0 unspecified atom stereocenters. The number of hydrogen-bond acceptors (Lipinski definition) is 6. The molecule has 118 valence electrons. The number of ether oxygens (including phenoxy) is 2. The van der Waals surface area contributed by atoms with Gasteiger partial charge in [0.1, 0.15) is 11.5 Å². The van der Waals surface area contributed by atoms with Gasteiger partial charge in [-0.25, -0.2) is 0 Å². The number of aliphatic hydroxyl groups is 1. The van der Waals surface area contributed by atoms with Crippen molar-refractivity contribution < 1.29 is 19.1 Å². The minimum atomic E-state index is -0.627. The first-order valence-electron chi connectivity index (χ1n) is 7.18. The zero-order chi connectivity index (χ0) is 15.7. The highest BCUT2D eigenvalue weighted by atomic mass is 16.5. The maximum absolute atomic E-state index is 10.5. The Balaban J connectivity index is 1.90. The summed E-state index contributed by atoms with van der Waals surface area (Å²) in [6.07, 6.45) is -0.627. The standard InChI is InChI=1S/C16H20N2O4/c1-10-6-11(22-17-10)7-18-8-12-14(20-2)4-5-15(21-3)16(12)13(19)9-18/h4-6,13,19H,7-9H2,1-3H3/t13-/m0/s1. The molecular formula is C16H20N2O4. The van der Waals surface area contributed by atoms with Crippen LogP contribution in [0.1, 0.15) is 28.7 Å². The number of rotatable bonds is 4. The Labute approximate surface area is 129 Å². The summed E-state index contributed by atoms with van der Waals surface area (Å²) in [5, 5.41) is 14.4. The Morgan fingerprint density at radius 3 is 2.68 bits per heavy atom. The van der Waals surface area contributed by atoms with Gasteiger partial charge in [-0.05, 0) is 19.1 Å². The Morgan fingerprint density at radius 1 is 1.32 bits per heavy atom. The second-order valence-corrected chi connectivity index (χ2v) is 5.48. The average molecular weight is 304 g/mol. The van der Waals surface area contributed by atoms with Gasteiger partial charge in [0, 0.05) is 30.3 Å². The molecule has 1 aromatic carbocycles. The number of aliphatic hydroxyl groups excluding tert-OH is 1. The summed E-state index contributed by atoms with van der Waals surface area (Å²) in [5.41, 5.74) is 2.62. The Kier molecular flexibility index (Phi) is 4.04. The molecule has 1 aliphatic heterocycles. The number of aryl methyl sites for hydroxylation is 1. The summed E-state index contributed by atoms with van der Waals surface area (Å²) >= 11 is 0. The van der Waals surface area contributed by atoms with Crippen molar-refractivity contribution in [2.24, 2.45) is 0 Å². The monoisotopic (exact) mass is 304 g/mol. The van der Waals surface area contributed by atoms with Gasteiger partial charge in [-0.1, -0.05) is 5.16 Å². The van der Waals surface area contributed by atoms with E-state index in [0.717, 1.165) is 28.3 Å². The van der Waals surface area contributed by atoms with E-state index in [1.165, 1.54) is 0 Å².